The summed E-state index contributed by atoms with van der Waals surface area (Å²) in [5.74, 6) is -0.656. The first-order valence-corrected chi connectivity index (χ1v) is 10.1. The molecule has 2 aromatic rings. The molecule has 1 aliphatic carbocycles. The Morgan fingerprint density at radius 2 is 2.17 bits per heavy atom. The van der Waals surface area contributed by atoms with Gasteiger partial charge in [0.2, 0.25) is 5.72 Å². The molecular formula is C19H26N6O5. The Bertz CT molecular complexity index is 973. The van der Waals surface area contributed by atoms with Crippen molar-refractivity contribution in [1.82, 2.24) is 24.8 Å². The minimum Gasteiger partial charge on any atom is -0.469 e. The maximum absolute atomic E-state index is 11.6. The van der Waals surface area contributed by atoms with E-state index in [1.807, 2.05) is 18.4 Å². The van der Waals surface area contributed by atoms with Crippen molar-refractivity contribution in [3.63, 3.8) is 0 Å². The molecule has 2 aliphatic heterocycles. The molecule has 3 aliphatic rings. The first-order valence-electron chi connectivity index (χ1n) is 10.1. The summed E-state index contributed by atoms with van der Waals surface area (Å²) in [4.78, 5) is 24.3. The first-order chi connectivity index (χ1) is 14.3. The molecule has 0 unspecified atom stereocenters. The molecule has 0 bridgehead atoms. The van der Waals surface area contributed by atoms with Gasteiger partial charge in [0.25, 0.3) is 0 Å². The zero-order valence-electron chi connectivity index (χ0n) is 17.2. The number of anilines is 1. The predicted octanol–water partition coefficient (Wildman–Crippen LogP) is 0.153. The molecule has 5 rings (SSSR count). The smallest absolute Gasteiger partial charge is 0.308 e. The molecule has 1 saturated carbocycles. The van der Waals surface area contributed by atoms with Crippen LogP contribution in [0.15, 0.2) is 12.7 Å². The lowest BCUT2D eigenvalue weighted by Crippen LogP contribution is -2.50. The van der Waals surface area contributed by atoms with E-state index in [9.17, 15) is 4.79 Å². The number of rotatable bonds is 5. The van der Waals surface area contributed by atoms with E-state index in [4.69, 9.17) is 24.7 Å². The number of nitrogens with one attached hydrogen (secondary N) is 1. The van der Waals surface area contributed by atoms with Gasteiger partial charge in [-0.05, 0) is 26.7 Å². The molecule has 0 amide bonds. The fourth-order valence-electron chi connectivity index (χ4n) is 4.68. The van der Waals surface area contributed by atoms with Gasteiger partial charge in [-0.1, -0.05) is 0 Å². The summed E-state index contributed by atoms with van der Waals surface area (Å²) in [5.41, 5.74) is 6.14. The van der Waals surface area contributed by atoms with Crippen molar-refractivity contribution in [2.75, 3.05) is 26.0 Å². The lowest BCUT2D eigenvalue weighted by molar-refractivity contribution is -0.204. The summed E-state index contributed by atoms with van der Waals surface area (Å²) >= 11 is 0. The van der Waals surface area contributed by atoms with Crippen LogP contribution in [0.1, 0.15) is 26.7 Å². The zero-order chi connectivity index (χ0) is 21.1. The molecule has 0 aromatic carbocycles. The molecule has 0 spiro atoms. The summed E-state index contributed by atoms with van der Waals surface area (Å²) in [7, 11) is 1.42. The molecule has 30 heavy (non-hydrogen) atoms. The number of aromatic nitrogens is 4. The van der Waals surface area contributed by atoms with E-state index in [2.05, 4.69) is 20.3 Å². The number of nitrogens with two attached hydrogens (primary N) is 1. The van der Waals surface area contributed by atoms with Crippen molar-refractivity contribution in [2.24, 2.45) is 5.92 Å². The topological polar surface area (TPSA) is 136 Å². The second kappa shape index (κ2) is 6.84. The molecule has 4 heterocycles. The Morgan fingerprint density at radius 3 is 2.93 bits per heavy atom. The van der Waals surface area contributed by atoms with Crippen molar-refractivity contribution in [3.05, 3.63) is 12.7 Å². The van der Waals surface area contributed by atoms with Crippen LogP contribution < -0.4 is 11.1 Å². The van der Waals surface area contributed by atoms with Gasteiger partial charge in [0, 0.05) is 12.6 Å². The van der Waals surface area contributed by atoms with E-state index in [0.29, 0.717) is 23.5 Å². The predicted molar refractivity (Wildman–Crippen MR) is 104 cm³/mol. The number of hydrogen-bond donors (Lipinski definition) is 2. The minimum absolute atomic E-state index is 0.0245. The zero-order valence-corrected chi connectivity index (χ0v) is 17.2. The molecule has 2 saturated heterocycles. The molecule has 3 atom stereocenters. The third-order valence-corrected chi connectivity index (χ3v) is 6.17. The highest BCUT2D eigenvalue weighted by Crippen LogP contribution is 2.47. The summed E-state index contributed by atoms with van der Waals surface area (Å²) in [6.07, 6.45) is 3.98. The Morgan fingerprint density at radius 1 is 1.37 bits per heavy atom. The van der Waals surface area contributed by atoms with Gasteiger partial charge in [0.05, 0.1) is 26.0 Å². The lowest BCUT2D eigenvalue weighted by Gasteiger charge is -2.35. The van der Waals surface area contributed by atoms with Crippen LogP contribution >= 0.6 is 0 Å². The fraction of sp³-hybridized carbons (Fsp3) is 0.684. The number of methoxy groups -OCH3 is 1. The molecule has 3 N–H and O–H groups in total. The molecular weight excluding hydrogens is 392 g/mol. The van der Waals surface area contributed by atoms with Crippen LogP contribution in [-0.2, 0) is 29.5 Å². The molecule has 2 aromatic heterocycles. The molecule has 11 nitrogen and oxygen atoms in total. The average Bonchev–Trinajstić information content (AvgIpc) is 3.31. The SMILES string of the molecule is COC(=O)C1CC(NC[C@H]2OC[C@@]3(n4cnc5c(N)ncnc54)OC(C)(C)O[C@H]23)C1. The van der Waals surface area contributed by atoms with Crippen molar-refractivity contribution < 1.29 is 23.7 Å². The normalized spacial score (nSPS) is 34.6. The summed E-state index contributed by atoms with van der Waals surface area (Å²) in [6, 6.07) is 0.254. The molecule has 3 fully saturated rings. The Hall–Kier alpha value is -2.34. The number of nitrogens with zero attached hydrogens (tertiary/aromatic N) is 4. The number of imidazole rings is 1. The highest BCUT2D eigenvalue weighted by molar-refractivity contribution is 5.81. The number of ether oxygens (including phenoxy) is 4. The Labute approximate surface area is 173 Å². The minimum atomic E-state index is -0.903. The second-order valence-corrected chi connectivity index (χ2v) is 8.58. The third kappa shape index (κ3) is 2.96. The van der Waals surface area contributed by atoms with E-state index in [0.717, 1.165) is 12.8 Å². The van der Waals surface area contributed by atoms with Crippen LogP contribution in [0.3, 0.4) is 0 Å². The third-order valence-electron chi connectivity index (χ3n) is 6.17. The van der Waals surface area contributed by atoms with Gasteiger partial charge in [-0.2, -0.15) is 0 Å². The number of fused-ring (bicyclic) bond motifs is 2. The second-order valence-electron chi connectivity index (χ2n) is 8.58. The standard InChI is InChI=1S/C19H26N6O5/c1-18(2)29-14-12(6-21-11-4-10(5-11)17(26)27-3)28-7-19(14,30-18)25-9-24-13-15(20)22-8-23-16(13)25/h8-12,14,21H,4-7H2,1-3H3,(H2,20,22,23)/t10?,11?,12-,14-,19-/m1/s1. The van der Waals surface area contributed by atoms with Crippen LogP contribution in [0, 0.1) is 5.92 Å². The maximum Gasteiger partial charge on any atom is 0.308 e. The maximum atomic E-state index is 11.6. The van der Waals surface area contributed by atoms with Gasteiger partial charge < -0.3 is 30.0 Å². The monoisotopic (exact) mass is 418 g/mol. The van der Waals surface area contributed by atoms with Crippen LogP contribution in [0.25, 0.3) is 11.2 Å². The van der Waals surface area contributed by atoms with E-state index >= 15 is 0 Å². The lowest BCUT2D eigenvalue weighted by atomic mass is 9.80. The van der Waals surface area contributed by atoms with E-state index in [-0.39, 0.29) is 36.7 Å². The van der Waals surface area contributed by atoms with E-state index in [1.165, 1.54) is 13.4 Å². The summed E-state index contributed by atoms with van der Waals surface area (Å²) in [6.45, 7) is 4.63. The van der Waals surface area contributed by atoms with Crippen molar-refractivity contribution >= 4 is 23.0 Å². The Kier molecular flexibility index (Phi) is 4.47. The largest absolute Gasteiger partial charge is 0.469 e. The number of esters is 1. The van der Waals surface area contributed by atoms with Crippen LogP contribution in [0.2, 0.25) is 0 Å². The van der Waals surface area contributed by atoms with Gasteiger partial charge in [-0.3, -0.25) is 9.36 Å². The van der Waals surface area contributed by atoms with Gasteiger partial charge in [-0.25, -0.2) is 15.0 Å². The van der Waals surface area contributed by atoms with Crippen molar-refractivity contribution in [1.29, 1.82) is 0 Å². The van der Waals surface area contributed by atoms with Crippen molar-refractivity contribution in [3.8, 4) is 0 Å². The number of carbonyl (C=O) groups is 1. The van der Waals surface area contributed by atoms with Gasteiger partial charge in [-0.15, -0.1) is 0 Å². The summed E-state index contributed by atoms with van der Waals surface area (Å²) in [5, 5.41) is 3.48. The molecule has 11 heteroatoms. The number of carbonyl (C=O) groups excluding carboxylic acids is 1. The van der Waals surface area contributed by atoms with Crippen LogP contribution in [-0.4, -0.2) is 69.8 Å². The summed E-state index contributed by atoms with van der Waals surface area (Å²) < 4.78 is 25.4. The highest BCUT2D eigenvalue weighted by atomic mass is 16.8. The van der Waals surface area contributed by atoms with Gasteiger partial charge in [0.1, 0.15) is 24.1 Å². The van der Waals surface area contributed by atoms with E-state index in [1.54, 1.807) is 6.33 Å². The van der Waals surface area contributed by atoms with Gasteiger partial charge in [0.15, 0.2) is 17.3 Å². The molecule has 162 valence electrons. The number of nitrogen functional groups attached to an aromatic ring is 1. The van der Waals surface area contributed by atoms with Crippen molar-refractivity contribution in [2.45, 2.75) is 56.5 Å². The average molecular weight is 418 g/mol. The van der Waals surface area contributed by atoms with Crippen LogP contribution in [0.5, 0.6) is 0 Å². The van der Waals surface area contributed by atoms with Gasteiger partial charge >= 0.3 is 5.97 Å². The Balaban J connectivity index is 1.35. The highest BCUT2D eigenvalue weighted by Gasteiger charge is 2.63. The number of hydrogen-bond acceptors (Lipinski definition) is 10. The fourth-order valence-corrected chi connectivity index (χ4v) is 4.68. The van der Waals surface area contributed by atoms with Crippen LogP contribution in [0.4, 0.5) is 5.82 Å². The first kappa shape index (κ1) is 19.6. The van der Waals surface area contributed by atoms with E-state index < -0.39 is 11.5 Å². The molecule has 0 radical (unpaired) electrons. The quantitative estimate of drug-likeness (QED) is 0.646.